The number of aryl methyl sites for hydroxylation is 1. The Morgan fingerprint density at radius 2 is 1.60 bits per heavy atom. The predicted octanol–water partition coefficient (Wildman–Crippen LogP) is 4.06. The maximum atomic E-state index is 6.28. The van der Waals surface area contributed by atoms with E-state index in [2.05, 4.69) is 32.0 Å². The van der Waals surface area contributed by atoms with Crippen molar-refractivity contribution in [2.24, 2.45) is 5.73 Å². The molecule has 2 aromatic rings. The van der Waals surface area contributed by atoms with Gasteiger partial charge < -0.3 is 10.5 Å². The van der Waals surface area contributed by atoms with E-state index in [9.17, 15) is 0 Å². The molecule has 0 saturated heterocycles. The minimum absolute atomic E-state index is 0. The van der Waals surface area contributed by atoms with E-state index in [0.717, 1.165) is 23.3 Å². The van der Waals surface area contributed by atoms with E-state index in [1.165, 1.54) is 0 Å². The molecule has 0 aromatic heterocycles. The molecule has 2 N–H and O–H groups in total. The highest BCUT2D eigenvalue weighted by Gasteiger charge is 2.28. The van der Waals surface area contributed by atoms with Crippen LogP contribution >= 0.6 is 12.4 Å². The molecule has 0 aliphatic heterocycles. The van der Waals surface area contributed by atoms with E-state index in [4.69, 9.17) is 10.5 Å². The number of rotatable bonds is 5. The van der Waals surface area contributed by atoms with Crippen LogP contribution < -0.4 is 10.5 Å². The predicted molar refractivity (Wildman–Crippen MR) is 86.5 cm³/mol. The van der Waals surface area contributed by atoms with Crippen LogP contribution in [0.15, 0.2) is 54.6 Å². The van der Waals surface area contributed by atoms with Crippen LogP contribution in [0.2, 0.25) is 0 Å². The zero-order chi connectivity index (χ0) is 13.7. The number of benzene rings is 2. The average molecular weight is 292 g/mol. The van der Waals surface area contributed by atoms with Gasteiger partial charge in [-0.1, -0.05) is 48.5 Å². The Balaban J connectivity index is 0.00000200. The molecule has 20 heavy (non-hydrogen) atoms. The highest BCUT2D eigenvalue weighted by molar-refractivity contribution is 5.85. The summed E-state index contributed by atoms with van der Waals surface area (Å²) in [4.78, 5) is 0. The Hall–Kier alpha value is -1.51. The Kier molecular flexibility index (Phi) is 6.05. The molecule has 0 amide bonds. The normalized spacial score (nSPS) is 13.2. The van der Waals surface area contributed by atoms with Crippen molar-refractivity contribution < 1.29 is 4.74 Å². The first-order valence-corrected chi connectivity index (χ1v) is 6.66. The molecule has 0 spiro atoms. The molecule has 0 aliphatic rings. The van der Waals surface area contributed by atoms with Gasteiger partial charge in [0.2, 0.25) is 0 Å². The molecule has 2 nitrogen and oxygen atoms in total. The smallest absolute Gasteiger partial charge is 0.132 e. The Morgan fingerprint density at radius 3 is 2.20 bits per heavy atom. The van der Waals surface area contributed by atoms with Gasteiger partial charge in [-0.05, 0) is 37.6 Å². The van der Waals surface area contributed by atoms with Crippen LogP contribution in [0, 0.1) is 6.92 Å². The zero-order valence-electron chi connectivity index (χ0n) is 12.0. The summed E-state index contributed by atoms with van der Waals surface area (Å²) in [7, 11) is 0. The van der Waals surface area contributed by atoms with Gasteiger partial charge in [0.25, 0.3) is 0 Å². The summed E-state index contributed by atoms with van der Waals surface area (Å²) in [6, 6.07) is 18.3. The van der Waals surface area contributed by atoms with Crippen LogP contribution in [-0.2, 0) is 5.60 Å². The van der Waals surface area contributed by atoms with E-state index >= 15 is 0 Å². The number of halogens is 1. The first-order chi connectivity index (χ1) is 9.15. The molecule has 0 bridgehead atoms. The first-order valence-electron chi connectivity index (χ1n) is 6.66. The van der Waals surface area contributed by atoms with E-state index < -0.39 is 0 Å². The standard InChI is InChI=1S/C17H21NO.ClH/c1-14-8-6-7-11-16(14)19-17(2,12-13-18)15-9-4-3-5-10-15;/h3-11H,12-13,18H2,1-2H3;1H. The van der Waals surface area contributed by atoms with Gasteiger partial charge in [-0.25, -0.2) is 0 Å². The van der Waals surface area contributed by atoms with Crippen molar-refractivity contribution in [3.8, 4) is 5.75 Å². The summed E-state index contributed by atoms with van der Waals surface area (Å²) in [5.74, 6) is 0.919. The molecular formula is C17H22ClNO. The lowest BCUT2D eigenvalue weighted by atomic mass is 9.92. The molecule has 0 saturated carbocycles. The van der Waals surface area contributed by atoms with Gasteiger partial charge in [-0.2, -0.15) is 0 Å². The van der Waals surface area contributed by atoms with Gasteiger partial charge in [0.1, 0.15) is 11.4 Å². The highest BCUT2D eigenvalue weighted by Crippen LogP contribution is 2.32. The maximum absolute atomic E-state index is 6.28. The molecule has 2 aromatic carbocycles. The molecule has 0 aliphatic carbocycles. The van der Waals surface area contributed by atoms with Gasteiger partial charge in [-0.3, -0.25) is 0 Å². The topological polar surface area (TPSA) is 35.2 Å². The number of nitrogens with two attached hydrogens (primary N) is 1. The number of ether oxygens (including phenoxy) is 1. The third kappa shape index (κ3) is 3.75. The molecule has 0 heterocycles. The van der Waals surface area contributed by atoms with Gasteiger partial charge in [-0.15, -0.1) is 12.4 Å². The van der Waals surface area contributed by atoms with Gasteiger partial charge >= 0.3 is 0 Å². The average Bonchev–Trinajstić information content (AvgIpc) is 2.43. The molecule has 1 unspecified atom stereocenters. The van der Waals surface area contributed by atoms with Gasteiger partial charge in [0.15, 0.2) is 0 Å². The summed E-state index contributed by atoms with van der Waals surface area (Å²) in [5, 5.41) is 0. The van der Waals surface area contributed by atoms with E-state index in [1.807, 2.05) is 36.4 Å². The second-order valence-corrected chi connectivity index (χ2v) is 5.00. The van der Waals surface area contributed by atoms with Gasteiger partial charge in [0.05, 0.1) is 0 Å². The minimum atomic E-state index is -0.387. The van der Waals surface area contributed by atoms with E-state index in [1.54, 1.807) is 0 Å². The van der Waals surface area contributed by atoms with Crippen molar-refractivity contribution in [2.75, 3.05) is 6.54 Å². The number of para-hydroxylation sites is 1. The van der Waals surface area contributed by atoms with E-state index in [-0.39, 0.29) is 18.0 Å². The van der Waals surface area contributed by atoms with Crippen LogP contribution in [0.5, 0.6) is 5.75 Å². The molecule has 0 radical (unpaired) electrons. The fraction of sp³-hybridized carbons (Fsp3) is 0.294. The Morgan fingerprint density at radius 1 is 1.00 bits per heavy atom. The minimum Gasteiger partial charge on any atom is -0.483 e. The third-order valence-electron chi connectivity index (χ3n) is 3.43. The van der Waals surface area contributed by atoms with Crippen molar-refractivity contribution in [3.05, 3.63) is 65.7 Å². The summed E-state index contributed by atoms with van der Waals surface area (Å²) in [6.45, 7) is 4.75. The van der Waals surface area contributed by atoms with Crippen LogP contribution in [0.3, 0.4) is 0 Å². The molecule has 108 valence electrons. The largest absolute Gasteiger partial charge is 0.483 e. The Bertz CT molecular complexity index is 530. The summed E-state index contributed by atoms with van der Waals surface area (Å²) < 4.78 is 6.28. The quantitative estimate of drug-likeness (QED) is 0.901. The number of hydrogen-bond donors (Lipinski definition) is 1. The molecule has 1 atom stereocenters. The highest BCUT2D eigenvalue weighted by atomic mass is 35.5. The third-order valence-corrected chi connectivity index (χ3v) is 3.43. The van der Waals surface area contributed by atoms with Crippen LogP contribution in [-0.4, -0.2) is 6.54 Å². The molecule has 2 rings (SSSR count). The Labute approximate surface area is 127 Å². The summed E-state index contributed by atoms with van der Waals surface area (Å²) in [6.07, 6.45) is 0.783. The number of hydrogen-bond acceptors (Lipinski definition) is 2. The molecule has 3 heteroatoms. The lowest BCUT2D eigenvalue weighted by Crippen LogP contribution is -2.32. The maximum Gasteiger partial charge on any atom is 0.132 e. The zero-order valence-corrected chi connectivity index (χ0v) is 12.8. The SMILES string of the molecule is Cc1ccccc1OC(C)(CCN)c1ccccc1.Cl. The van der Waals surface area contributed by atoms with Crippen molar-refractivity contribution in [1.29, 1.82) is 0 Å². The molecular weight excluding hydrogens is 270 g/mol. The van der Waals surface area contributed by atoms with Crippen molar-refractivity contribution in [3.63, 3.8) is 0 Å². The van der Waals surface area contributed by atoms with Crippen LogP contribution in [0.25, 0.3) is 0 Å². The summed E-state index contributed by atoms with van der Waals surface area (Å²) in [5.41, 5.74) is 7.67. The van der Waals surface area contributed by atoms with Crippen molar-refractivity contribution >= 4 is 12.4 Å². The van der Waals surface area contributed by atoms with Crippen molar-refractivity contribution in [2.45, 2.75) is 25.9 Å². The van der Waals surface area contributed by atoms with Gasteiger partial charge in [0, 0.05) is 6.42 Å². The lowest BCUT2D eigenvalue weighted by molar-refractivity contribution is 0.0788. The molecule has 0 fully saturated rings. The first kappa shape index (κ1) is 16.5. The second-order valence-electron chi connectivity index (χ2n) is 5.00. The fourth-order valence-corrected chi connectivity index (χ4v) is 2.23. The fourth-order valence-electron chi connectivity index (χ4n) is 2.23. The monoisotopic (exact) mass is 291 g/mol. The van der Waals surface area contributed by atoms with Crippen LogP contribution in [0.1, 0.15) is 24.5 Å². The second kappa shape index (κ2) is 7.32. The van der Waals surface area contributed by atoms with Crippen LogP contribution in [0.4, 0.5) is 0 Å². The summed E-state index contributed by atoms with van der Waals surface area (Å²) >= 11 is 0. The lowest BCUT2D eigenvalue weighted by Gasteiger charge is -2.31. The van der Waals surface area contributed by atoms with Crippen molar-refractivity contribution in [1.82, 2.24) is 0 Å². The van der Waals surface area contributed by atoms with E-state index in [0.29, 0.717) is 6.54 Å².